The summed E-state index contributed by atoms with van der Waals surface area (Å²) in [7, 11) is 0.792. The molecule has 0 atom stereocenters. The van der Waals surface area contributed by atoms with E-state index >= 15 is 0 Å². The highest BCUT2D eigenvalue weighted by Gasteiger charge is 2.52. The Morgan fingerprint density at radius 2 is 1.96 bits per heavy atom. The van der Waals surface area contributed by atoms with Crippen LogP contribution < -0.4 is 5.73 Å². The van der Waals surface area contributed by atoms with Gasteiger partial charge in [0.2, 0.25) is 0 Å². The molecule has 0 spiro atoms. The second-order valence-corrected chi connectivity index (χ2v) is 6.97. The first-order valence-electron chi connectivity index (χ1n) is 7.62. The molecule has 0 amide bonds. The minimum Gasteiger partial charge on any atom is -0.465 e. The van der Waals surface area contributed by atoms with Crippen molar-refractivity contribution >= 4 is 37.6 Å². The van der Waals surface area contributed by atoms with Crippen LogP contribution in [0, 0.1) is 0 Å². The van der Waals surface area contributed by atoms with Gasteiger partial charge < -0.3 is 19.8 Å². The molecule has 6 nitrogen and oxygen atoms in total. The van der Waals surface area contributed by atoms with Crippen LogP contribution in [-0.2, 0) is 14.0 Å². The number of carbonyl (C=O) groups excluding carboxylic acids is 1. The normalized spacial score (nSPS) is 19.4. The summed E-state index contributed by atoms with van der Waals surface area (Å²) in [6, 6.07) is 1.63. The van der Waals surface area contributed by atoms with Crippen molar-refractivity contribution in [3.63, 3.8) is 0 Å². The summed E-state index contributed by atoms with van der Waals surface area (Å²) in [5, 5.41) is 0. The molecule has 1 aromatic heterocycles. The van der Waals surface area contributed by atoms with E-state index < -0.39 is 24.3 Å². The highest BCUT2D eigenvalue weighted by molar-refractivity contribution is 7.80. The summed E-state index contributed by atoms with van der Waals surface area (Å²) in [6.07, 6.45) is 3.42. The number of esters is 1. The predicted octanol–water partition coefficient (Wildman–Crippen LogP) is 2.40. The Labute approximate surface area is 148 Å². The van der Waals surface area contributed by atoms with Crippen LogP contribution in [0.2, 0.25) is 0 Å². The van der Waals surface area contributed by atoms with Crippen molar-refractivity contribution in [3.05, 3.63) is 28.9 Å². The van der Waals surface area contributed by atoms with Crippen LogP contribution in [0.3, 0.4) is 0 Å². The standard InChI is InChI=1S/C16H23BN2O4S/c1-15(2)16(3,4)23-17(22-15)11(9-24)6-10-7-12(14(20)21-5)13(18)19-8-10/h6-8,24H,9H2,1-5H3,(H2,18,19). The number of hydrogen-bond acceptors (Lipinski definition) is 7. The van der Waals surface area contributed by atoms with Crippen LogP contribution in [0.1, 0.15) is 43.6 Å². The number of ether oxygens (including phenoxy) is 1. The summed E-state index contributed by atoms with van der Waals surface area (Å²) in [4.78, 5) is 15.8. The van der Waals surface area contributed by atoms with Crippen molar-refractivity contribution in [2.24, 2.45) is 0 Å². The number of pyridine rings is 1. The Bertz CT molecular complexity index is 660. The fraction of sp³-hybridized carbons (Fsp3) is 0.500. The molecule has 2 N–H and O–H groups in total. The maximum atomic E-state index is 11.7. The van der Waals surface area contributed by atoms with E-state index in [0.717, 1.165) is 5.47 Å². The smallest absolute Gasteiger partial charge is 0.465 e. The lowest BCUT2D eigenvalue weighted by molar-refractivity contribution is 0.00578. The third kappa shape index (κ3) is 3.60. The average Bonchev–Trinajstić information content (AvgIpc) is 2.73. The number of rotatable bonds is 4. The van der Waals surface area contributed by atoms with Crippen LogP contribution in [-0.4, -0.2) is 42.1 Å². The lowest BCUT2D eigenvalue weighted by Gasteiger charge is -2.32. The van der Waals surface area contributed by atoms with Gasteiger partial charge in [0.1, 0.15) is 11.4 Å². The van der Waals surface area contributed by atoms with E-state index in [9.17, 15) is 4.79 Å². The van der Waals surface area contributed by atoms with Crippen molar-refractivity contribution in [1.82, 2.24) is 4.98 Å². The Kier molecular flexibility index (Phi) is 5.32. The molecule has 2 rings (SSSR count). The van der Waals surface area contributed by atoms with Crippen LogP contribution in [0.25, 0.3) is 6.08 Å². The largest absolute Gasteiger partial charge is 0.491 e. The molecule has 1 aromatic rings. The number of nitrogens with two attached hydrogens (primary N) is 1. The van der Waals surface area contributed by atoms with Gasteiger partial charge in [0, 0.05) is 11.9 Å². The Morgan fingerprint density at radius 3 is 2.46 bits per heavy atom. The fourth-order valence-electron chi connectivity index (χ4n) is 2.24. The molecule has 0 saturated carbocycles. The van der Waals surface area contributed by atoms with Crippen LogP contribution >= 0.6 is 12.6 Å². The molecule has 1 aliphatic heterocycles. The average molecular weight is 350 g/mol. The second kappa shape index (κ2) is 6.78. The molecule has 0 radical (unpaired) electrons. The van der Waals surface area contributed by atoms with E-state index in [4.69, 9.17) is 19.8 Å². The molecule has 0 aliphatic carbocycles. The number of hydrogen-bond donors (Lipinski definition) is 2. The third-order valence-electron chi connectivity index (χ3n) is 4.44. The highest BCUT2D eigenvalue weighted by atomic mass is 32.1. The molecular formula is C16H23BN2O4S. The van der Waals surface area contributed by atoms with E-state index in [2.05, 4.69) is 17.6 Å². The number of thiol groups is 1. The molecule has 130 valence electrons. The van der Waals surface area contributed by atoms with Crippen LogP contribution in [0.15, 0.2) is 17.7 Å². The zero-order valence-corrected chi connectivity index (χ0v) is 15.5. The van der Waals surface area contributed by atoms with Crippen molar-refractivity contribution in [1.29, 1.82) is 0 Å². The summed E-state index contributed by atoms with van der Waals surface area (Å²) in [5.41, 5.74) is 6.61. The number of anilines is 1. The van der Waals surface area contributed by atoms with Crippen molar-refractivity contribution in [2.75, 3.05) is 18.6 Å². The molecule has 8 heteroatoms. The zero-order valence-electron chi connectivity index (χ0n) is 14.6. The van der Waals surface area contributed by atoms with Gasteiger partial charge in [0.05, 0.1) is 18.3 Å². The molecule has 24 heavy (non-hydrogen) atoms. The Morgan fingerprint density at radius 1 is 1.38 bits per heavy atom. The molecule has 2 heterocycles. The molecular weight excluding hydrogens is 327 g/mol. The minimum atomic E-state index is -0.529. The number of methoxy groups -OCH3 is 1. The van der Waals surface area contributed by atoms with Gasteiger partial charge in [-0.2, -0.15) is 12.6 Å². The van der Waals surface area contributed by atoms with Crippen molar-refractivity contribution in [3.8, 4) is 0 Å². The Hall–Kier alpha value is -1.51. The number of carbonyl (C=O) groups is 1. The first-order chi connectivity index (χ1) is 11.1. The third-order valence-corrected chi connectivity index (χ3v) is 4.80. The van der Waals surface area contributed by atoms with E-state index in [-0.39, 0.29) is 11.4 Å². The van der Waals surface area contributed by atoms with Gasteiger partial charge in [-0.15, -0.1) is 0 Å². The van der Waals surface area contributed by atoms with Gasteiger partial charge in [0.15, 0.2) is 0 Å². The highest BCUT2D eigenvalue weighted by Crippen LogP contribution is 2.39. The van der Waals surface area contributed by atoms with E-state index in [1.54, 1.807) is 12.3 Å². The first-order valence-corrected chi connectivity index (χ1v) is 8.25. The van der Waals surface area contributed by atoms with Crippen molar-refractivity contribution in [2.45, 2.75) is 38.9 Å². The molecule has 1 aliphatic rings. The van der Waals surface area contributed by atoms with Gasteiger partial charge in [0.25, 0.3) is 0 Å². The summed E-state index contributed by atoms with van der Waals surface area (Å²) >= 11 is 4.37. The summed E-state index contributed by atoms with van der Waals surface area (Å²) in [5.74, 6) is 0.0368. The number of nitrogens with zero attached hydrogens (tertiary/aromatic N) is 1. The summed E-state index contributed by atoms with van der Waals surface area (Å²) in [6.45, 7) is 7.96. The predicted molar refractivity (Wildman–Crippen MR) is 97.9 cm³/mol. The van der Waals surface area contributed by atoms with Crippen molar-refractivity contribution < 1.29 is 18.8 Å². The quantitative estimate of drug-likeness (QED) is 0.493. The lowest BCUT2D eigenvalue weighted by Crippen LogP contribution is -2.41. The molecule has 0 bridgehead atoms. The van der Waals surface area contributed by atoms with E-state index in [1.165, 1.54) is 7.11 Å². The molecule has 0 aromatic carbocycles. The van der Waals surface area contributed by atoms with Gasteiger partial charge in [-0.1, -0.05) is 6.08 Å². The van der Waals surface area contributed by atoms with Gasteiger partial charge in [-0.3, -0.25) is 0 Å². The number of nitrogen functional groups attached to an aromatic ring is 1. The van der Waals surface area contributed by atoms with E-state index in [1.807, 2.05) is 33.8 Å². The lowest BCUT2D eigenvalue weighted by atomic mass is 9.78. The van der Waals surface area contributed by atoms with E-state index in [0.29, 0.717) is 11.3 Å². The fourth-order valence-corrected chi connectivity index (χ4v) is 2.48. The van der Waals surface area contributed by atoms with Gasteiger partial charge >= 0.3 is 13.1 Å². The molecule has 0 unspecified atom stereocenters. The first kappa shape index (κ1) is 18.8. The Balaban J connectivity index is 2.34. The minimum absolute atomic E-state index is 0.127. The maximum Gasteiger partial charge on any atom is 0.491 e. The monoisotopic (exact) mass is 350 g/mol. The topological polar surface area (TPSA) is 83.7 Å². The van der Waals surface area contributed by atoms with Crippen LogP contribution in [0.4, 0.5) is 5.82 Å². The number of aromatic nitrogens is 1. The SMILES string of the molecule is COC(=O)c1cc(C=C(CS)B2OC(C)(C)C(C)(C)O2)cnc1N. The molecule has 1 saturated heterocycles. The van der Waals surface area contributed by atoms with Crippen LogP contribution in [0.5, 0.6) is 0 Å². The summed E-state index contributed by atoms with van der Waals surface area (Å²) < 4.78 is 16.8. The zero-order chi connectivity index (χ0) is 18.1. The second-order valence-electron chi connectivity index (χ2n) is 6.66. The van der Waals surface area contributed by atoms with Gasteiger partial charge in [-0.25, -0.2) is 9.78 Å². The maximum absolute atomic E-state index is 11.7. The molecule has 1 fully saturated rings. The van der Waals surface area contributed by atoms with Gasteiger partial charge in [-0.05, 0) is 44.8 Å².